The molecule has 0 aliphatic rings. The molecule has 0 bridgehead atoms. The van der Waals surface area contributed by atoms with Gasteiger partial charge in [0, 0.05) is 11.8 Å². The van der Waals surface area contributed by atoms with Crippen LogP contribution in [0.3, 0.4) is 0 Å². The molecule has 0 fully saturated rings. The number of benzene rings is 2. The Morgan fingerprint density at radius 2 is 1.67 bits per heavy atom. The van der Waals surface area contributed by atoms with Crippen LogP contribution in [0.4, 0.5) is 16.2 Å². The Bertz CT molecular complexity index is 555. The van der Waals surface area contributed by atoms with E-state index < -0.39 is 6.03 Å². The van der Waals surface area contributed by atoms with Gasteiger partial charge < -0.3 is 20.8 Å². The van der Waals surface area contributed by atoms with E-state index in [1.54, 1.807) is 24.3 Å². The van der Waals surface area contributed by atoms with E-state index in [-0.39, 0.29) is 17.2 Å². The number of phenolic OH excluding ortho intramolecular Hbond substituents is 2. The molecule has 0 spiro atoms. The van der Waals surface area contributed by atoms with Gasteiger partial charge in [0.25, 0.3) is 0 Å². The zero-order valence-electron chi connectivity index (χ0n) is 9.42. The molecule has 2 amide bonds. The Kier molecular flexibility index (Phi) is 3.33. The van der Waals surface area contributed by atoms with E-state index in [1.807, 2.05) is 6.07 Å². The van der Waals surface area contributed by atoms with E-state index in [2.05, 4.69) is 10.6 Å². The molecule has 0 aliphatic carbocycles. The number of aromatic hydroxyl groups is 2. The smallest absolute Gasteiger partial charge is 0.323 e. The lowest BCUT2D eigenvalue weighted by atomic mass is 10.3. The zero-order chi connectivity index (χ0) is 13.0. The van der Waals surface area contributed by atoms with Crippen LogP contribution in [0.1, 0.15) is 0 Å². The first-order valence-corrected chi connectivity index (χ1v) is 5.30. The Morgan fingerprint density at radius 3 is 2.33 bits per heavy atom. The van der Waals surface area contributed by atoms with Crippen molar-refractivity contribution in [3.63, 3.8) is 0 Å². The summed E-state index contributed by atoms with van der Waals surface area (Å²) in [5.74, 6) is -0.264. The van der Waals surface area contributed by atoms with Crippen molar-refractivity contribution in [3.8, 4) is 11.5 Å². The number of hydrogen-bond acceptors (Lipinski definition) is 3. The summed E-state index contributed by atoms with van der Waals surface area (Å²) in [6.07, 6.45) is 0. The van der Waals surface area contributed by atoms with Crippen molar-refractivity contribution in [1.29, 1.82) is 0 Å². The summed E-state index contributed by atoms with van der Waals surface area (Å²) in [5.41, 5.74) is 0.870. The number of amides is 2. The van der Waals surface area contributed by atoms with E-state index >= 15 is 0 Å². The molecule has 0 atom stereocenters. The van der Waals surface area contributed by atoms with Gasteiger partial charge in [-0.25, -0.2) is 4.79 Å². The van der Waals surface area contributed by atoms with Gasteiger partial charge in [0.05, 0.1) is 5.69 Å². The van der Waals surface area contributed by atoms with Gasteiger partial charge in [-0.05, 0) is 24.3 Å². The highest BCUT2D eigenvalue weighted by atomic mass is 16.3. The average molecular weight is 244 g/mol. The fraction of sp³-hybridized carbons (Fsp3) is 0. The highest BCUT2D eigenvalue weighted by Crippen LogP contribution is 2.27. The molecule has 5 nitrogen and oxygen atoms in total. The van der Waals surface area contributed by atoms with E-state index in [4.69, 9.17) is 5.11 Å². The third-order valence-corrected chi connectivity index (χ3v) is 2.26. The van der Waals surface area contributed by atoms with Gasteiger partial charge in [0.15, 0.2) is 0 Å². The third-order valence-electron chi connectivity index (χ3n) is 2.26. The maximum absolute atomic E-state index is 11.6. The predicted molar refractivity (Wildman–Crippen MR) is 68.9 cm³/mol. The number of phenols is 2. The summed E-state index contributed by atoms with van der Waals surface area (Å²) in [6.45, 7) is 0. The van der Waals surface area contributed by atoms with E-state index in [0.717, 1.165) is 6.07 Å². The lowest BCUT2D eigenvalue weighted by Gasteiger charge is -2.09. The van der Waals surface area contributed by atoms with Crippen molar-refractivity contribution < 1.29 is 15.0 Å². The number of nitrogens with one attached hydrogen (secondary N) is 2. The van der Waals surface area contributed by atoms with Crippen LogP contribution in [0.5, 0.6) is 11.5 Å². The highest BCUT2D eigenvalue weighted by molar-refractivity contribution is 6.00. The topological polar surface area (TPSA) is 81.6 Å². The van der Waals surface area contributed by atoms with Crippen LogP contribution in [0.2, 0.25) is 0 Å². The Morgan fingerprint density at radius 1 is 0.944 bits per heavy atom. The van der Waals surface area contributed by atoms with Crippen LogP contribution in [-0.4, -0.2) is 16.2 Å². The second kappa shape index (κ2) is 5.09. The number of carbonyl (C=O) groups excluding carboxylic acids is 1. The number of para-hydroxylation sites is 1. The average Bonchev–Trinajstić information content (AvgIpc) is 2.34. The maximum atomic E-state index is 11.6. The minimum Gasteiger partial charge on any atom is -0.508 e. The number of anilines is 2. The standard InChI is InChI=1S/C13H12N2O3/c16-10-6-7-11(12(17)8-10)15-13(18)14-9-4-2-1-3-5-9/h1-8,16-17H,(H2,14,15,18). The number of rotatable bonds is 2. The second-order valence-corrected chi connectivity index (χ2v) is 3.65. The van der Waals surface area contributed by atoms with Crippen LogP contribution < -0.4 is 10.6 Å². The summed E-state index contributed by atoms with van der Waals surface area (Å²) in [7, 11) is 0. The summed E-state index contributed by atoms with van der Waals surface area (Å²) in [4.78, 5) is 11.6. The SMILES string of the molecule is O=C(Nc1ccccc1)Nc1ccc(O)cc1O. The molecule has 0 saturated carbocycles. The number of hydrogen-bond donors (Lipinski definition) is 4. The molecule has 5 heteroatoms. The van der Waals surface area contributed by atoms with Gasteiger partial charge in [-0.15, -0.1) is 0 Å². The quantitative estimate of drug-likeness (QED) is 0.484. The van der Waals surface area contributed by atoms with Gasteiger partial charge in [-0.2, -0.15) is 0 Å². The van der Waals surface area contributed by atoms with Crippen LogP contribution in [-0.2, 0) is 0 Å². The fourth-order valence-corrected chi connectivity index (χ4v) is 1.43. The zero-order valence-corrected chi connectivity index (χ0v) is 9.42. The molecule has 0 saturated heterocycles. The largest absolute Gasteiger partial charge is 0.508 e. The summed E-state index contributed by atoms with van der Waals surface area (Å²) in [5, 5.41) is 23.7. The minimum atomic E-state index is -0.470. The lowest BCUT2D eigenvalue weighted by Crippen LogP contribution is -2.19. The second-order valence-electron chi connectivity index (χ2n) is 3.65. The van der Waals surface area contributed by atoms with E-state index in [9.17, 15) is 9.90 Å². The van der Waals surface area contributed by atoms with E-state index in [1.165, 1.54) is 12.1 Å². The van der Waals surface area contributed by atoms with Gasteiger partial charge in [-0.3, -0.25) is 0 Å². The molecule has 2 rings (SSSR count). The van der Waals surface area contributed by atoms with Crippen LogP contribution in [0, 0.1) is 0 Å². The first-order chi connectivity index (χ1) is 8.65. The van der Waals surface area contributed by atoms with Crippen molar-refractivity contribution in [2.75, 3.05) is 10.6 Å². The monoisotopic (exact) mass is 244 g/mol. The minimum absolute atomic E-state index is 0.0680. The Hall–Kier alpha value is -2.69. The van der Waals surface area contributed by atoms with Crippen LogP contribution in [0.15, 0.2) is 48.5 Å². The van der Waals surface area contributed by atoms with Crippen molar-refractivity contribution in [3.05, 3.63) is 48.5 Å². The summed E-state index contributed by atoms with van der Waals surface area (Å²) in [6, 6.07) is 12.4. The van der Waals surface area contributed by atoms with Crippen molar-refractivity contribution in [2.24, 2.45) is 0 Å². The maximum Gasteiger partial charge on any atom is 0.323 e. The normalized spacial score (nSPS) is 9.78. The third kappa shape index (κ3) is 2.91. The van der Waals surface area contributed by atoms with Crippen LogP contribution >= 0.6 is 0 Å². The summed E-state index contributed by atoms with van der Waals surface area (Å²) >= 11 is 0. The van der Waals surface area contributed by atoms with Gasteiger partial charge >= 0.3 is 6.03 Å². The molecule has 2 aromatic rings. The van der Waals surface area contributed by atoms with Crippen molar-refractivity contribution >= 4 is 17.4 Å². The molecular weight excluding hydrogens is 232 g/mol. The first kappa shape index (κ1) is 11.8. The molecule has 0 aliphatic heterocycles. The van der Waals surface area contributed by atoms with Crippen LogP contribution in [0.25, 0.3) is 0 Å². The molecule has 0 unspecified atom stereocenters. The van der Waals surface area contributed by atoms with Crippen molar-refractivity contribution in [1.82, 2.24) is 0 Å². The highest BCUT2D eigenvalue weighted by Gasteiger charge is 2.06. The molecule has 0 radical (unpaired) electrons. The van der Waals surface area contributed by atoms with Gasteiger partial charge in [0.2, 0.25) is 0 Å². The first-order valence-electron chi connectivity index (χ1n) is 5.30. The molecule has 92 valence electrons. The summed E-state index contributed by atoms with van der Waals surface area (Å²) < 4.78 is 0. The Labute approximate surface area is 104 Å². The number of urea groups is 1. The molecular formula is C13H12N2O3. The number of carbonyl (C=O) groups is 1. The van der Waals surface area contributed by atoms with Gasteiger partial charge in [-0.1, -0.05) is 18.2 Å². The fourth-order valence-electron chi connectivity index (χ4n) is 1.43. The van der Waals surface area contributed by atoms with E-state index in [0.29, 0.717) is 5.69 Å². The molecule has 0 heterocycles. The lowest BCUT2D eigenvalue weighted by molar-refractivity contribution is 0.262. The molecule has 4 N–H and O–H groups in total. The molecule has 18 heavy (non-hydrogen) atoms. The van der Waals surface area contributed by atoms with Crippen molar-refractivity contribution in [2.45, 2.75) is 0 Å². The predicted octanol–water partition coefficient (Wildman–Crippen LogP) is 2.74. The molecule has 0 aromatic heterocycles. The molecule has 2 aromatic carbocycles. The Balaban J connectivity index is 2.03. The van der Waals surface area contributed by atoms with Gasteiger partial charge in [0.1, 0.15) is 11.5 Å².